The fraction of sp³-hybridized carbons (Fsp3) is 0.643. The highest BCUT2D eigenvalue weighted by atomic mass is 32.2. The molecule has 1 aromatic rings. The van der Waals surface area contributed by atoms with Crippen molar-refractivity contribution in [1.82, 2.24) is 14.2 Å². The number of likely N-dealkylation sites (N-methyl/N-ethyl adjacent to an activating group) is 1. The second-order valence-corrected chi connectivity index (χ2v) is 7.33. The number of rotatable bonds is 5. The van der Waals surface area contributed by atoms with Crippen LogP contribution in [0.5, 0.6) is 0 Å². The van der Waals surface area contributed by atoms with Gasteiger partial charge in [-0.15, -0.1) is 0 Å². The molecule has 1 aromatic heterocycles. The van der Waals surface area contributed by atoms with Crippen LogP contribution in [0.15, 0.2) is 23.4 Å². The van der Waals surface area contributed by atoms with Gasteiger partial charge in [0.25, 0.3) is 10.0 Å². The predicted molar refractivity (Wildman–Crippen MR) is 83.9 cm³/mol. The highest BCUT2D eigenvalue weighted by Crippen LogP contribution is 2.24. The van der Waals surface area contributed by atoms with Gasteiger partial charge < -0.3 is 10.2 Å². The molecule has 21 heavy (non-hydrogen) atoms. The van der Waals surface area contributed by atoms with E-state index in [1.54, 1.807) is 12.1 Å². The molecule has 1 aliphatic rings. The van der Waals surface area contributed by atoms with E-state index < -0.39 is 10.0 Å². The van der Waals surface area contributed by atoms with E-state index in [0.29, 0.717) is 18.8 Å². The third kappa shape index (κ3) is 3.53. The molecule has 0 saturated carbocycles. The lowest BCUT2D eigenvalue weighted by molar-refractivity contribution is 0.159. The maximum Gasteiger partial charge on any atom is 0.262 e. The molecule has 1 saturated heterocycles. The number of nitrogens with one attached hydrogen (secondary N) is 1. The molecule has 118 valence electrons. The summed E-state index contributed by atoms with van der Waals surface area (Å²) >= 11 is 0. The average Bonchev–Trinajstić information content (AvgIpc) is 2.48. The molecule has 1 aliphatic heterocycles. The highest BCUT2D eigenvalue weighted by molar-refractivity contribution is 7.89. The molecule has 1 atom stereocenters. The number of nitrogens with zero attached hydrogens (tertiary/aromatic N) is 3. The summed E-state index contributed by atoms with van der Waals surface area (Å²) in [6.45, 7) is 6.56. The summed E-state index contributed by atoms with van der Waals surface area (Å²) in [5.41, 5.74) is 0.589. The Balaban J connectivity index is 2.27. The lowest BCUT2D eigenvalue weighted by atomic mass is 10.2. The summed E-state index contributed by atoms with van der Waals surface area (Å²) in [6.07, 6.45) is 2.46. The summed E-state index contributed by atoms with van der Waals surface area (Å²) < 4.78 is 27.2. The van der Waals surface area contributed by atoms with Crippen molar-refractivity contribution in [3.8, 4) is 0 Å². The van der Waals surface area contributed by atoms with Crippen LogP contribution in [0.1, 0.15) is 20.3 Å². The number of aromatic nitrogens is 1. The molecule has 7 heteroatoms. The second kappa shape index (κ2) is 6.72. The zero-order chi connectivity index (χ0) is 15.5. The van der Waals surface area contributed by atoms with Gasteiger partial charge in [-0.1, -0.05) is 6.92 Å². The first kappa shape index (κ1) is 16.2. The van der Waals surface area contributed by atoms with E-state index in [1.165, 1.54) is 10.5 Å². The number of hydrogen-bond acceptors (Lipinski definition) is 5. The van der Waals surface area contributed by atoms with Crippen molar-refractivity contribution in [3.05, 3.63) is 18.3 Å². The molecule has 0 amide bonds. The predicted octanol–water partition coefficient (Wildman–Crippen LogP) is 1.23. The molecule has 2 rings (SSSR count). The molecule has 0 aliphatic carbocycles. The fourth-order valence-corrected chi connectivity index (χ4v) is 3.94. The largest absolute Gasteiger partial charge is 0.383 e. The molecule has 1 unspecified atom stereocenters. The lowest BCUT2D eigenvalue weighted by Gasteiger charge is -2.36. The molecule has 1 fully saturated rings. The topological polar surface area (TPSA) is 65.5 Å². The summed E-state index contributed by atoms with van der Waals surface area (Å²) in [5, 5.41) is 3.28. The Hall–Kier alpha value is -1.18. The van der Waals surface area contributed by atoms with E-state index in [9.17, 15) is 8.42 Å². The highest BCUT2D eigenvalue weighted by Gasteiger charge is 2.33. The maximum atomic E-state index is 12.8. The Labute approximate surface area is 127 Å². The first-order chi connectivity index (χ1) is 9.96. The summed E-state index contributed by atoms with van der Waals surface area (Å²) in [5.74, 6) is 0. The third-order valence-corrected chi connectivity index (χ3v) is 5.67. The zero-order valence-corrected chi connectivity index (χ0v) is 13.7. The molecular weight excluding hydrogens is 288 g/mol. The molecule has 0 aromatic carbocycles. The van der Waals surface area contributed by atoms with Crippen molar-refractivity contribution in [2.75, 3.05) is 38.5 Å². The Morgan fingerprint density at radius 2 is 2.19 bits per heavy atom. The summed E-state index contributed by atoms with van der Waals surface area (Å²) in [6, 6.07) is 3.74. The first-order valence-electron chi connectivity index (χ1n) is 7.36. The van der Waals surface area contributed by atoms with E-state index >= 15 is 0 Å². The Morgan fingerprint density at radius 1 is 1.43 bits per heavy atom. The number of hydrogen-bond donors (Lipinski definition) is 1. The van der Waals surface area contributed by atoms with Crippen LogP contribution in [0.2, 0.25) is 0 Å². The minimum atomic E-state index is -3.55. The van der Waals surface area contributed by atoms with E-state index in [0.717, 1.165) is 19.5 Å². The monoisotopic (exact) mass is 312 g/mol. The Morgan fingerprint density at radius 3 is 2.86 bits per heavy atom. The van der Waals surface area contributed by atoms with Gasteiger partial charge >= 0.3 is 0 Å². The van der Waals surface area contributed by atoms with Gasteiger partial charge in [0.05, 0.1) is 5.69 Å². The molecule has 0 radical (unpaired) electrons. The van der Waals surface area contributed by atoms with Crippen molar-refractivity contribution in [3.63, 3.8) is 0 Å². The van der Waals surface area contributed by atoms with Crippen molar-refractivity contribution < 1.29 is 8.42 Å². The van der Waals surface area contributed by atoms with Crippen LogP contribution in [0.3, 0.4) is 0 Å². The van der Waals surface area contributed by atoms with Gasteiger partial charge in [0.15, 0.2) is 5.03 Å². The van der Waals surface area contributed by atoms with E-state index in [1.807, 2.05) is 20.9 Å². The molecule has 1 N–H and O–H groups in total. The number of piperazine rings is 1. The minimum absolute atomic E-state index is 0.134. The van der Waals surface area contributed by atoms with Crippen molar-refractivity contribution in [1.29, 1.82) is 0 Å². The average molecular weight is 312 g/mol. The van der Waals surface area contributed by atoms with Crippen LogP contribution in [-0.4, -0.2) is 61.9 Å². The van der Waals surface area contributed by atoms with Crippen LogP contribution in [0.4, 0.5) is 5.69 Å². The van der Waals surface area contributed by atoms with Crippen molar-refractivity contribution in [2.45, 2.75) is 31.3 Å². The normalized spacial score (nSPS) is 21.4. The SMILES string of the molecule is CCCNc1cccnc1S(=O)(=O)N1CCN(C)C(C)C1. The van der Waals surface area contributed by atoms with Gasteiger partial charge in [0, 0.05) is 38.4 Å². The molecule has 0 spiro atoms. The quantitative estimate of drug-likeness (QED) is 0.886. The standard InChI is InChI=1S/C14H24N4O2S/c1-4-7-15-13-6-5-8-16-14(13)21(19,20)18-10-9-17(3)12(2)11-18/h5-6,8,12,15H,4,7,9-11H2,1-3H3. The van der Waals surface area contributed by atoms with Crippen LogP contribution in [-0.2, 0) is 10.0 Å². The van der Waals surface area contributed by atoms with Crippen LogP contribution in [0, 0.1) is 0 Å². The molecule has 6 nitrogen and oxygen atoms in total. The number of pyridine rings is 1. The van der Waals surface area contributed by atoms with Gasteiger partial charge in [-0.3, -0.25) is 0 Å². The van der Waals surface area contributed by atoms with E-state index in [2.05, 4.69) is 15.2 Å². The smallest absolute Gasteiger partial charge is 0.262 e. The van der Waals surface area contributed by atoms with Gasteiger partial charge in [-0.2, -0.15) is 4.31 Å². The molecule has 2 heterocycles. The van der Waals surface area contributed by atoms with Gasteiger partial charge in [-0.25, -0.2) is 13.4 Å². The summed E-state index contributed by atoms with van der Waals surface area (Å²) in [7, 11) is -1.53. The van der Waals surface area contributed by atoms with Gasteiger partial charge in [-0.05, 0) is 32.5 Å². The fourth-order valence-electron chi connectivity index (χ4n) is 2.35. The lowest BCUT2D eigenvalue weighted by Crippen LogP contribution is -2.52. The number of sulfonamides is 1. The minimum Gasteiger partial charge on any atom is -0.383 e. The van der Waals surface area contributed by atoms with Crippen LogP contribution < -0.4 is 5.32 Å². The van der Waals surface area contributed by atoms with Gasteiger partial charge in [0.2, 0.25) is 0 Å². The molecule has 0 bridgehead atoms. The third-order valence-electron chi connectivity index (χ3n) is 3.84. The Bertz CT molecular complexity index is 576. The summed E-state index contributed by atoms with van der Waals surface area (Å²) in [4.78, 5) is 6.28. The Kier molecular flexibility index (Phi) is 5.18. The number of anilines is 1. The van der Waals surface area contributed by atoms with Crippen molar-refractivity contribution >= 4 is 15.7 Å². The van der Waals surface area contributed by atoms with Crippen LogP contribution >= 0.6 is 0 Å². The second-order valence-electron chi connectivity index (χ2n) is 5.48. The molecular formula is C14H24N4O2S. The zero-order valence-electron chi connectivity index (χ0n) is 12.9. The first-order valence-corrected chi connectivity index (χ1v) is 8.80. The van der Waals surface area contributed by atoms with E-state index in [-0.39, 0.29) is 11.1 Å². The van der Waals surface area contributed by atoms with Gasteiger partial charge in [0.1, 0.15) is 0 Å². The van der Waals surface area contributed by atoms with Crippen LogP contribution in [0.25, 0.3) is 0 Å². The van der Waals surface area contributed by atoms with E-state index in [4.69, 9.17) is 0 Å². The van der Waals surface area contributed by atoms with Crippen molar-refractivity contribution in [2.24, 2.45) is 0 Å². The maximum absolute atomic E-state index is 12.8.